The summed E-state index contributed by atoms with van der Waals surface area (Å²) < 4.78 is 27.1. The first kappa shape index (κ1) is 29.0. The van der Waals surface area contributed by atoms with Crippen molar-refractivity contribution in [2.75, 3.05) is 7.11 Å². The van der Waals surface area contributed by atoms with E-state index in [1.54, 1.807) is 30.8 Å². The van der Waals surface area contributed by atoms with E-state index in [2.05, 4.69) is 18.4 Å². The highest BCUT2D eigenvalue weighted by molar-refractivity contribution is 6.01. The number of aliphatic hydroxyl groups excluding tert-OH is 1. The number of aromatic nitrogens is 1. The van der Waals surface area contributed by atoms with Gasteiger partial charge in [0.1, 0.15) is 11.6 Å². The van der Waals surface area contributed by atoms with Crippen LogP contribution in [0.5, 0.6) is 5.75 Å². The molecule has 0 spiro atoms. The molecular formula is C32H35FN2O5. The Morgan fingerprint density at radius 3 is 2.40 bits per heavy atom. The molecule has 1 amide bonds. The fourth-order valence-corrected chi connectivity index (χ4v) is 4.87. The molecule has 3 aromatic carbocycles. The summed E-state index contributed by atoms with van der Waals surface area (Å²) in [5, 5.41) is 21.1. The van der Waals surface area contributed by atoms with Gasteiger partial charge in [-0.05, 0) is 61.4 Å². The molecule has 0 saturated heterocycles. The van der Waals surface area contributed by atoms with Gasteiger partial charge in [0.05, 0.1) is 32.3 Å². The molecular weight excluding hydrogens is 511 g/mol. The number of carbonyl (C=O) groups is 1. The number of hydrogen-bond acceptors (Lipinski definition) is 5. The van der Waals surface area contributed by atoms with Crippen molar-refractivity contribution in [3.05, 3.63) is 95.9 Å². The number of ether oxygens (including phenoxy) is 2. The van der Waals surface area contributed by atoms with Crippen LogP contribution in [0.2, 0.25) is 0 Å². The van der Waals surface area contributed by atoms with Gasteiger partial charge in [0.2, 0.25) is 5.91 Å². The average molecular weight is 547 g/mol. The molecule has 1 aromatic heterocycles. The topological polar surface area (TPSA) is 93.0 Å². The number of aliphatic hydroxyl groups is 1. The molecule has 0 bridgehead atoms. The van der Waals surface area contributed by atoms with Gasteiger partial charge in [-0.3, -0.25) is 10.0 Å². The highest BCUT2D eigenvalue weighted by Gasteiger charge is 2.21. The second-order valence-corrected chi connectivity index (χ2v) is 9.93. The molecule has 1 heterocycles. The first-order chi connectivity index (χ1) is 19.3. The molecule has 0 aliphatic heterocycles. The van der Waals surface area contributed by atoms with Gasteiger partial charge in [0.25, 0.3) is 0 Å². The van der Waals surface area contributed by atoms with Crippen LogP contribution in [0.25, 0.3) is 28.1 Å². The van der Waals surface area contributed by atoms with Crippen LogP contribution in [0.3, 0.4) is 0 Å². The summed E-state index contributed by atoms with van der Waals surface area (Å²) in [6, 6.07) is 21.9. The van der Waals surface area contributed by atoms with Gasteiger partial charge < -0.3 is 19.1 Å². The van der Waals surface area contributed by atoms with E-state index in [0.29, 0.717) is 0 Å². The molecule has 8 heteroatoms. The third-order valence-electron chi connectivity index (χ3n) is 6.76. The maximum absolute atomic E-state index is 13.7. The van der Waals surface area contributed by atoms with Gasteiger partial charge in [-0.2, -0.15) is 0 Å². The van der Waals surface area contributed by atoms with Gasteiger partial charge in [-0.25, -0.2) is 9.87 Å². The Kier molecular flexibility index (Phi) is 9.71. The van der Waals surface area contributed by atoms with Crippen LogP contribution in [0.15, 0.2) is 78.9 Å². The number of methoxy groups -OCH3 is 1. The van der Waals surface area contributed by atoms with E-state index in [1.165, 1.54) is 12.1 Å². The molecule has 40 heavy (non-hydrogen) atoms. The van der Waals surface area contributed by atoms with Crippen LogP contribution in [-0.4, -0.2) is 40.1 Å². The zero-order chi connectivity index (χ0) is 28.6. The number of halogens is 1. The largest absolute Gasteiger partial charge is 0.497 e. The Morgan fingerprint density at radius 2 is 1.75 bits per heavy atom. The fourth-order valence-electron chi connectivity index (χ4n) is 4.87. The highest BCUT2D eigenvalue weighted by atomic mass is 19.1. The van der Waals surface area contributed by atoms with Crippen molar-refractivity contribution in [1.29, 1.82) is 0 Å². The van der Waals surface area contributed by atoms with E-state index >= 15 is 0 Å². The lowest BCUT2D eigenvalue weighted by Gasteiger charge is -2.19. The molecule has 0 saturated carbocycles. The number of benzene rings is 3. The SMILES string of the molecule is COc1ccc(COC(CC(=O)NO)CC(O)/C=C/c2c(-c3ccc(F)cc3)c3ccccc3n2C(C)C)cc1. The quantitative estimate of drug-likeness (QED) is 0.144. The molecule has 2 unspecified atom stereocenters. The molecule has 2 atom stereocenters. The monoisotopic (exact) mass is 546 g/mol. The van der Waals surface area contributed by atoms with Gasteiger partial charge in [-0.1, -0.05) is 48.5 Å². The number of hydrogen-bond donors (Lipinski definition) is 3. The third kappa shape index (κ3) is 6.96. The smallest absolute Gasteiger partial charge is 0.245 e. The highest BCUT2D eigenvalue weighted by Crippen LogP contribution is 2.38. The molecule has 0 aliphatic carbocycles. The van der Waals surface area contributed by atoms with Crippen molar-refractivity contribution in [1.82, 2.24) is 10.0 Å². The van der Waals surface area contributed by atoms with Crippen LogP contribution in [0.4, 0.5) is 4.39 Å². The standard InChI is InChI=1S/C32H35FN2O5/c1-21(2)35-29-7-5-4-6-28(29)32(23-10-12-24(33)13-11-23)30(35)17-14-25(36)18-27(19-31(37)34-38)40-20-22-8-15-26(39-3)16-9-22/h4-17,21,25,27,36,38H,18-20H2,1-3H3,(H,34,37)/b17-14+. The molecule has 210 valence electrons. The van der Waals surface area contributed by atoms with Crippen molar-refractivity contribution < 1.29 is 29.0 Å². The molecule has 0 fully saturated rings. The first-order valence-electron chi connectivity index (χ1n) is 13.2. The molecule has 4 aromatic rings. The Hall–Kier alpha value is -3.98. The number of carbonyl (C=O) groups excluding carboxylic acids is 1. The first-order valence-corrected chi connectivity index (χ1v) is 13.2. The zero-order valence-corrected chi connectivity index (χ0v) is 22.9. The Labute approximate surface area is 233 Å². The summed E-state index contributed by atoms with van der Waals surface area (Å²) in [6.45, 7) is 4.40. The third-order valence-corrected chi connectivity index (χ3v) is 6.76. The number of fused-ring (bicyclic) bond motifs is 1. The summed E-state index contributed by atoms with van der Waals surface area (Å²) in [4.78, 5) is 11.9. The molecule has 3 N–H and O–H groups in total. The molecule has 0 aliphatic rings. The zero-order valence-electron chi connectivity index (χ0n) is 22.9. The van der Waals surface area contributed by atoms with Gasteiger partial charge in [0, 0.05) is 34.6 Å². The molecule has 0 radical (unpaired) electrons. The van der Waals surface area contributed by atoms with E-state index in [0.717, 1.165) is 39.0 Å². The maximum atomic E-state index is 13.7. The van der Waals surface area contributed by atoms with Crippen molar-refractivity contribution >= 4 is 22.9 Å². The van der Waals surface area contributed by atoms with Gasteiger partial charge >= 0.3 is 0 Å². The van der Waals surface area contributed by atoms with Crippen molar-refractivity contribution in [2.45, 2.75) is 51.5 Å². The summed E-state index contributed by atoms with van der Waals surface area (Å²) in [6.07, 6.45) is 1.98. The summed E-state index contributed by atoms with van der Waals surface area (Å²) in [7, 11) is 1.59. The molecule has 4 rings (SSSR count). The van der Waals surface area contributed by atoms with E-state index in [4.69, 9.17) is 14.7 Å². The number of rotatable bonds is 12. The fraction of sp³-hybridized carbons (Fsp3) is 0.281. The number of nitrogens with one attached hydrogen (secondary N) is 1. The lowest BCUT2D eigenvalue weighted by Crippen LogP contribution is -2.28. The van der Waals surface area contributed by atoms with Crippen LogP contribution in [0, 0.1) is 5.82 Å². The Balaban J connectivity index is 1.60. The second-order valence-electron chi connectivity index (χ2n) is 9.93. The van der Waals surface area contributed by atoms with E-state index in [1.807, 2.05) is 54.6 Å². The number of para-hydroxylation sites is 1. The van der Waals surface area contributed by atoms with Gasteiger partial charge in [0.15, 0.2) is 0 Å². The summed E-state index contributed by atoms with van der Waals surface area (Å²) in [5.41, 5.74) is 6.24. The van der Waals surface area contributed by atoms with Crippen LogP contribution >= 0.6 is 0 Å². The number of nitrogens with zero attached hydrogens (tertiary/aromatic N) is 1. The summed E-state index contributed by atoms with van der Waals surface area (Å²) in [5.74, 6) is -0.190. The van der Waals surface area contributed by atoms with E-state index in [-0.39, 0.29) is 31.3 Å². The van der Waals surface area contributed by atoms with E-state index in [9.17, 15) is 14.3 Å². The number of amides is 1. The van der Waals surface area contributed by atoms with Crippen molar-refractivity contribution in [3.63, 3.8) is 0 Å². The predicted molar refractivity (Wildman–Crippen MR) is 153 cm³/mol. The average Bonchev–Trinajstić information content (AvgIpc) is 3.29. The normalized spacial score (nSPS) is 13.2. The lowest BCUT2D eigenvalue weighted by molar-refractivity contribution is -0.133. The minimum Gasteiger partial charge on any atom is -0.497 e. The van der Waals surface area contributed by atoms with Crippen LogP contribution in [-0.2, 0) is 16.1 Å². The molecule has 7 nitrogen and oxygen atoms in total. The maximum Gasteiger partial charge on any atom is 0.245 e. The second kappa shape index (κ2) is 13.4. The predicted octanol–water partition coefficient (Wildman–Crippen LogP) is 6.28. The van der Waals surface area contributed by atoms with Gasteiger partial charge in [-0.15, -0.1) is 0 Å². The lowest BCUT2D eigenvalue weighted by atomic mass is 10.0. The van der Waals surface area contributed by atoms with Crippen LogP contribution < -0.4 is 10.2 Å². The Morgan fingerprint density at radius 1 is 1.05 bits per heavy atom. The minimum absolute atomic E-state index is 0.115. The van der Waals surface area contributed by atoms with E-state index < -0.39 is 18.1 Å². The van der Waals surface area contributed by atoms with Crippen LogP contribution in [0.1, 0.15) is 44.0 Å². The Bertz CT molecular complexity index is 1440. The van der Waals surface area contributed by atoms with Crippen molar-refractivity contribution in [2.24, 2.45) is 0 Å². The number of hydroxylamine groups is 1. The summed E-state index contributed by atoms with van der Waals surface area (Å²) >= 11 is 0. The van der Waals surface area contributed by atoms with Crippen molar-refractivity contribution in [3.8, 4) is 16.9 Å². The minimum atomic E-state index is -0.938.